The van der Waals surface area contributed by atoms with Crippen LogP contribution in [0.5, 0.6) is 0 Å². The minimum atomic E-state index is -0.0650. The Kier molecular flexibility index (Phi) is 2.97. The van der Waals surface area contributed by atoms with Crippen molar-refractivity contribution >= 4 is 12.2 Å². The first kappa shape index (κ1) is 9.18. The highest BCUT2D eigenvalue weighted by molar-refractivity contribution is 5.80. The molecule has 4 N–H and O–H groups in total. The van der Waals surface area contributed by atoms with Gasteiger partial charge >= 0.3 is 0 Å². The molecule has 0 aromatic carbocycles. The number of nitrogens with zero attached hydrogens (tertiary/aromatic N) is 3. The summed E-state index contributed by atoms with van der Waals surface area (Å²) in [5.41, 5.74) is 12.0. The number of nitrogens with two attached hydrogens (primary N) is 2. The lowest BCUT2D eigenvalue weighted by Crippen LogP contribution is -2.21. The number of hydrogen-bond donors (Lipinski definition) is 2. The van der Waals surface area contributed by atoms with Crippen molar-refractivity contribution in [3.63, 3.8) is 0 Å². The molecule has 0 saturated carbocycles. The van der Waals surface area contributed by atoms with E-state index in [1.165, 1.54) is 6.21 Å². The van der Waals surface area contributed by atoms with Crippen LogP contribution >= 0.6 is 0 Å². The van der Waals surface area contributed by atoms with E-state index in [1.54, 1.807) is 6.20 Å². The topological polar surface area (TPSA) is 89.6 Å². The predicted molar refractivity (Wildman–Crippen MR) is 52.4 cm³/mol. The lowest BCUT2D eigenvalue weighted by atomic mass is 10.2. The fraction of sp³-hybridized carbons (Fsp3) is 0.125. The van der Waals surface area contributed by atoms with Gasteiger partial charge in [0.05, 0.1) is 11.9 Å². The Labute approximate surface area is 76.2 Å². The van der Waals surface area contributed by atoms with Crippen LogP contribution in [0.4, 0.5) is 0 Å². The quantitative estimate of drug-likeness (QED) is 0.378. The van der Waals surface area contributed by atoms with Crippen LogP contribution in [0.15, 0.2) is 28.5 Å². The first-order valence-corrected chi connectivity index (χ1v) is 3.73. The number of pyridine rings is 1. The Hall–Kier alpha value is -1.91. The Balaban J connectivity index is 2.80. The van der Waals surface area contributed by atoms with E-state index >= 15 is 0 Å². The highest BCUT2D eigenvalue weighted by atomic mass is 15.3. The Bertz CT molecular complexity index is 338. The second kappa shape index (κ2) is 4.20. The van der Waals surface area contributed by atoms with Gasteiger partial charge in [0.25, 0.3) is 0 Å². The van der Waals surface area contributed by atoms with Gasteiger partial charge in [-0.2, -0.15) is 5.10 Å². The minimum Gasteiger partial charge on any atom is -0.369 e. The third-order valence-corrected chi connectivity index (χ3v) is 1.40. The van der Waals surface area contributed by atoms with Gasteiger partial charge in [-0.05, 0) is 18.6 Å². The van der Waals surface area contributed by atoms with Crippen LogP contribution in [0.1, 0.15) is 11.3 Å². The van der Waals surface area contributed by atoms with Crippen molar-refractivity contribution in [3.05, 3.63) is 29.6 Å². The SMILES string of the molecule is Cc1cccnc1/C=N/N=C(N)N. The molecule has 0 aliphatic heterocycles. The van der Waals surface area contributed by atoms with Gasteiger partial charge in [-0.1, -0.05) is 6.07 Å². The summed E-state index contributed by atoms with van der Waals surface area (Å²) in [6.07, 6.45) is 3.19. The maximum Gasteiger partial charge on any atom is 0.211 e. The molecule has 0 amide bonds. The highest BCUT2D eigenvalue weighted by Crippen LogP contribution is 1.99. The van der Waals surface area contributed by atoms with Crippen molar-refractivity contribution in [2.24, 2.45) is 21.7 Å². The smallest absolute Gasteiger partial charge is 0.211 e. The number of hydrogen-bond acceptors (Lipinski definition) is 3. The molecule has 0 radical (unpaired) electrons. The second-order valence-electron chi connectivity index (χ2n) is 2.47. The summed E-state index contributed by atoms with van der Waals surface area (Å²) in [6, 6.07) is 3.79. The van der Waals surface area contributed by atoms with Crippen molar-refractivity contribution in [1.29, 1.82) is 0 Å². The van der Waals surface area contributed by atoms with Crippen molar-refractivity contribution in [3.8, 4) is 0 Å². The van der Waals surface area contributed by atoms with Gasteiger partial charge < -0.3 is 11.5 Å². The van der Waals surface area contributed by atoms with Gasteiger partial charge in [0, 0.05) is 6.20 Å². The van der Waals surface area contributed by atoms with Crippen LogP contribution in [0, 0.1) is 6.92 Å². The molecule has 1 rings (SSSR count). The lowest BCUT2D eigenvalue weighted by molar-refractivity contribution is 1.19. The van der Waals surface area contributed by atoms with E-state index in [0.29, 0.717) is 0 Å². The lowest BCUT2D eigenvalue weighted by Gasteiger charge is -1.94. The first-order valence-electron chi connectivity index (χ1n) is 3.73. The van der Waals surface area contributed by atoms with E-state index in [-0.39, 0.29) is 5.96 Å². The average molecular weight is 177 g/mol. The molecule has 0 saturated heterocycles. The number of rotatable bonds is 2. The van der Waals surface area contributed by atoms with Gasteiger partial charge in [-0.25, -0.2) is 0 Å². The average Bonchev–Trinajstić information content (AvgIpc) is 2.08. The van der Waals surface area contributed by atoms with Crippen LogP contribution in [0.25, 0.3) is 0 Å². The zero-order chi connectivity index (χ0) is 9.68. The van der Waals surface area contributed by atoms with Crippen LogP contribution in [0.3, 0.4) is 0 Å². The van der Waals surface area contributed by atoms with Crippen molar-refractivity contribution < 1.29 is 0 Å². The predicted octanol–water partition coefficient (Wildman–Crippen LogP) is -0.00268. The van der Waals surface area contributed by atoms with Crippen molar-refractivity contribution in [2.75, 3.05) is 0 Å². The Morgan fingerprint density at radius 1 is 1.54 bits per heavy atom. The zero-order valence-corrected chi connectivity index (χ0v) is 7.31. The molecule has 5 heteroatoms. The summed E-state index contributed by atoms with van der Waals surface area (Å²) >= 11 is 0. The van der Waals surface area contributed by atoms with E-state index in [1.807, 2.05) is 19.1 Å². The molecule has 0 spiro atoms. The van der Waals surface area contributed by atoms with E-state index in [2.05, 4.69) is 15.2 Å². The highest BCUT2D eigenvalue weighted by Gasteiger charge is 1.92. The summed E-state index contributed by atoms with van der Waals surface area (Å²) in [5.74, 6) is -0.0650. The van der Waals surface area contributed by atoms with Gasteiger partial charge in [0.2, 0.25) is 5.96 Å². The normalized spacial score (nSPS) is 10.2. The summed E-state index contributed by atoms with van der Waals surface area (Å²) in [7, 11) is 0. The monoisotopic (exact) mass is 177 g/mol. The molecular formula is C8H11N5. The Morgan fingerprint density at radius 3 is 2.92 bits per heavy atom. The zero-order valence-electron chi connectivity index (χ0n) is 7.31. The molecular weight excluding hydrogens is 166 g/mol. The molecule has 1 aromatic heterocycles. The molecule has 0 atom stereocenters. The third-order valence-electron chi connectivity index (χ3n) is 1.40. The molecule has 0 aliphatic carbocycles. The van der Waals surface area contributed by atoms with Gasteiger partial charge in [0.1, 0.15) is 0 Å². The Morgan fingerprint density at radius 2 is 2.31 bits per heavy atom. The van der Waals surface area contributed by atoms with Gasteiger partial charge in [-0.15, -0.1) is 5.10 Å². The summed E-state index contributed by atoms with van der Waals surface area (Å²) in [6.45, 7) is 1.93. The standard InChI is InChI=1S/C8H11N5/c1-6-3-2-4-11-7(6)5-12-13-8(9)10/h2-5H,1H3,(H4,9,10,13)/b12-5+. The fourth-order valence-corrected chi connectivity index (χ4v) is 0.783. The number of aryl methyl sites for hydroxylation is 1. The van der Waals surface area contributed by atoms with E-state index < -0.39 is 0 Å². The van der Waals surface area contributed by atoms with Crippen LogP contribution < -0.4 is 11.5 Å². The molecule has 0 fully saturated rings. The van der Waals surface area contributed by atoms with E-state index in [9.17, 15) is 0 Å². The summed E-state index contributed by atoms with van der Waals surface area (Å²) in [5, 5.41) is 7.12. The van der Waals surface area contributed by atoms with Crippen molar-refractivity contribution in [2.45, 2.75) is 6.92 Å². The molecule has 0 unspecified atom stereocenters. The first-order chi connectivity index (χ1) is 6.20. The van der Waals surface area contributed by atoms with Gasteiger partial charge in [0.15, 0.2) is 0 Å². The van der Waals surface area contributed by atoms with Gasteiger partial charge in [-0.3, -0.25) is 4.98 Å². The van der Waals surface area contributed by atoms with Crippen LogP contribution in [-0.4, -0.2) is 17.2 Å². The molecule has 0 aliphatic rings. The number of aromatic nitrogens is 1. The van der Waals surface area contributed by atoms with E-state index in [0.717, 1.165) is 11.3 Å². The van der Waals surface area contributed by atoms with Crippen molar-refractivity contribution in [1.82, 2.24) is 4.98 Å². The fourth-order valence-electron chi connectivity index (χ4n) is 0.783. The minimum absolute atomic E-state index is 0.0650. The molecule has 5 nitrogen and oxygen atoms in total. The molecule has 1 aromatic rings. The summed E-state index contributed by atoms with van der Waals surface area (Å²) in [4.78, 5) is 4.07. The third kappa shape index (κ3) is 2.90. The maximum absolute atomic E-state index is 5.09. The van der Waals surface area contributed by atoms with Crippen LogP contribution in [-0.2, 0) is 0 Å². The number of guanidine groups is 1. The molecule has 13 heavy (non-hydrogen) atoms. The largest absolute Gasteiger partial charge is 0.369 e. The maximum atomic E-state index is 5.09. The van der Waals surface area contributed by atoms with E-state index in [4.69, 9.17) is 11.5 Å². The second-order valence-corrected chi connectivity index (χ2v) is 2.47. The molecule has 0 bridgehead atoms. The summed E-state index contributed by atoms with van der Waals surface area (Å²) < 4.78 is 0. The van der Waals surface area contributed by atoms with Crippen LogP contribution in [0.2, 0.25) is 0 Å². The molecule has 68 valence electrons. The molecule has 1 heterocycles.